The van der Waals surface area contributed by atoms with Crippen LogP contribution >= 0.6 is 27.5 Å². The summed E-state index contributed by atoms with van der Waals surface area (Å²) in [7, 11) is 0. The number of hydrogen-bond donors (Lipinski definition) is 3. The van der Waals surface area contributed by atoms with Crippen LogP contribution in [0.5, 0.6) is 0 Å². The lowest BCUT2D eigenvalue weighted by molar-refractivity contribution is -0.210. The molecular weight excluding hydrogens is 673 g/mol. The van der Waals surface area contributed by atoms with E-state index in [1.165, 1.54) is 0 Å². The van der Waals surface area contributed by atoms with Gasteiger partial charge >= 0.3 is 6.18 Å². The molecule has 1 saturated heterocycles. The van der Waals surface area contributed by atoms with Gasteiger partial charge in [0.25, 0.3) is 0 Å². The maximum atomic E-state index is 14.6. The summed E-state index contributed by atoms with van der Waals surface area (Å²) in [5.74, 6) is -7.57. The Balaban J connectivity index is 1.58. The van der Waals surface area contributed by atoms with Gasteiger partial charge in [0.05, 0.1) is 34.1 Å². The number of alkyl halides is 3. The molecule has 10 nitrogen and oxygen atoms in total. The van der Waals surface area contributed by atoms with Crippen LogP contribution in [0.2, 0.25) is 5.02 Å². The molecule has 1 aliphatic heterocycles. The van der Waals surface area contributed by atoms with Crippen LogP contribution in [-0.2, 0) is 10.9 Å². The van der Waals surface area contributed by atoms with Crippen molar-refractivity contribution >= 4 is 27.5 Å². The third-order valence-electron chi connectivity index (χ3n) is 6.53. The van der Waals surface area contributed by atoms with E-state index in [2.05, 4.69) is 36.4 Å². The van der Waals surface area contributed by atoms with Crippen molar-refractivity contribution < 1.29 is 50.8 Å². The fraction of sp³-hybridized carbons (Fsp3) is 0.304. The van der Waals surface area contributed by atoms with Gasteiger partial charge in [-0.1, -0.05) is 16.8 Å². The minimum Gasteiger partial charge on any atom is -0.394 e. The van der Waals surface area contributed by atoms with Gasteiger partial charge in [0.1, 0.15) is 42.5 Å². The van der Waals surface area contributed by atoms with Crippen molar-refractivity contribution in [2.45, 2.75) is 36.6 Å². The van der Waals surface area contributed by atoms with Crippen LogP contribution in [0.1, 0.15) is 23.5 Å². The van der Waals surface area contributed by atoms with Crippen LogP contribution in [0.3, 0.4) is 0 Å². The molecular formula is C23H15BrClF7N6O4. The second-order valence-electron chi connectivity index (χ2n) is 9.00. The van der Waals surface area contributed by atoms with Crippen LogP contribution in [0.25, 0.3) is 16.9 Å². The average Bonchev–Trinajstić information content (AvgIpc) is 3.61. The molecule has 42 heavy (non-hydrogen) atoms. The van der Waals surface area contributed by atoms with Gasteiger partial charge in [-0.15, -0.1) is 15.3 Å². The fourth-order valence-electron chi connectivity index (χ4n) is 4.56. The fourth-order valence-corrected chi connectivity index (χ4v) is 5.08. The Morgan fingerprint density at radius 2 is 1.67 bits per heavy atom. The summed E-state index contributed by atoms with van der Waals surface area (Å²) in [5.41, 5.74) is -3.67. The van der Waals surface area contributed by atoms with E-state index in [4.69, 9.17) is 16.3 Å². The highest BCUT2D eigenvalue weighted by Crippen LogP contribution is 2.41. The standard InChI is InChI=1S/C23H15BrClF7N6O4/c24-13-16(28)14(26)12(15(27)17(13)29)9-4-38(36-34-9)18-19(40)11(5-39)42-21(20(18)41)22-35-33-6-37(22)10-3-7(25)1-2-8(10)23(30,31)32/h1-4,6,11,18-21,39-41H,5H2/t11-,18+,19+,20-,21-/m1/s1. The lowest BCUT2D eigenvalue weighted by Crippen LogP contribution is -2.53. The van der Waals surface area contributed by atoms with Crippen LogP contribution < -0.4 is 0 Å². The number of halogens is 9. The summed E-state index contributed by atoms with van der Waals surface area (Å²) in [5, 5.41) is 46.3. The van der Waals surface area contributed by atoms with E-state index in [-0.39, 0.29) is 5.02 Å². The molecule has 224 valence electrons. The van der Waals surface area contributed by atoms with E-state index < -0.39 is 99.3 Å². The molecule has 0 aliphatic carbocycles. The van der Waals surface area contributed by atoms with Gasteiger partial charge in [-0.05, 0) is 34.1 Å². The monoisotopic (exact) mass is 686 g/mol. The predicted molar refractivity (Wildman–Crippen MR) is 130 cm³/mol. The van der Waals surface area contributed by atoms with E-state index >= 15 is 0 Å². The van der Waals surface area contributed by atoms with Crippen LogP contribution in [0, 0.1) is 23.3 Å². The first kappa shape index (κ1) is 30.3. The predicted octanol–water partition coefficient (Wildman–Crippen LogP) is 3.91. The molecule has 0 unspecified atom stereocenters. The molecule has 0 bridgehead atoms. The van der Waals surface area contributed by atoms with Crippen molar-refractivity contribution in [3.8, 4) is 16.9 Å². The Morgan fingerprint density at radius 1 is 1.00 bits per heavy atom. The summed E-state index contributed by atoms with van der Waals surface area (Å²) in [6.45, 7) is -0.881. The third-order valence-corrected chi connectivity index (χ3v) is 7.46. The summed E-state index contributed by atoms with van der Waals surface area (Å²) in [6, 6.07) is 1.04. The molecule has 1 aliphatic rings. The number of benzene rings is 2. The number of aliphatic hydroxyl groups is 3. The quantitative estimate of drug-likeness (QED) is 0.164. The molecule has 3 heterocycles. The zero-order valence-corrected chi connectivity index (χ0v) is 22.7. The lowest BCUT2D eigenvalue weighted by Gasteiger charge is -2.41. The van der Waals surface area contributed by atoms with E-state index in [0.29, 0.717) is 10.7 Å². The molecule has 19 heteroatoms. The summed E-state index contributed by atoms with van der Waals surface area (Å²) in [4.78, 5) is 0. The average molecular weight is 688 g/mol. The topological polar surface area (TPSA) is 131 Å². The maximum absolute atomic E-state index is 14.6. The minimum atomic E-state index is -4.85. The molecule has 2 aromatic heterocycles. The van der Waals surface area contributed by atoms with Gasteiger partial charge in [0.2, 0.25) is 0 Å². The Bertz CT molecular complexity index is 1620. The Kier molecular flexibility index (Phi) is 8.05. The zero-order valence-electron chi connectivity index (χ0n) is 20.3. The molecule has 5 atom stereocenters. The van der Waals surface area contributed by atoms with Crippen molar-refractivity contribution in [3.63, 3.8) is 0 Å². The van der Waals surface area contributed by atoms with Gasteiger partial charge in [-0.2, -0.15) is 13.2 Å². The molecule has 0 saturated carbocycles. The van der Waals surface area contributed by atoms with Crippen LogP contribution in [-0.4, -0.2) is 70.0 Å². The summed E-state index contributed by atoms with van der Waals surface area (Å²) in [6.07, 6.45) is -10.1. The van der Waals surface area contributed by atoms with Crippen molar-refractivity contribution in [2.24, 2.45) is 0 Å². The summed E-state index contributed by atoms with van der Waals surface area (Å²) < 4.78 is 105. The zero-order chi connectivity index (χ0) is 30.7. The molecule has 0 spiro atoms. The van der Waals surface area contributed by atoms with E-state index in [1.54, 1.807) is 0 Å². The SMILES string of the molecule is OC[C@H]1O[C@@H](c2nncn2-c2cc(Cl)ccc2C(F)(F)F)[C@H](O)[C@@H](n2cc(-c3c(F)c(F)c(Br)c(F)c3F)nn2)[C@H]1O. The largest absolute Gasteiger partial charge is 0.418 e. The van der Waals surface area contributed by atoms with Gasteiger partial charge in [-0.25, -0.2) is 22.2 Å². The molecule has 1 fully saturated rings. The number of hydrogen-bond acceptors (Lipinski definition) is 8. The first-order chi connectivity index (χ1) is 19.8. The second kappa shape index (κ2) is 11.2. The number of ether oxygens (including phenoxy) is 1. The first-order valence-corrected chi connectivity index (χ1v) is 12.8. The normalized spacial score (nSPS) is 23.0. The highest BCUT2D eigenvalue weighted by Gasteiger charge is 2.49. The Hall–Kier alpha value is -3.16. The van der Waals surface area contributed by atoms with Crippen molar-refractivity contribution in [3.05, 3.63) is 74.9 Å². The van der Waals surface area contributed by atoms with Gasteiger partial charge in [0.15, 0.2) is 29.1 Å². The first-order valence-electron chi connectivity index (χ1n) is 11.6. The van der Waals surface area contributed by atoms with Crippen LogP contribution in [0.15, 0.2) is 35.2 Å². The van der Waals surface area contributed by atoms with Gasteiger partial charge < -0.3 is 20.1 Å². The second-order valence-corrected chi connectivity index (χ2v) is 10.2. The maximum Gasteiger partial charge on any atom is 0.418 e. The number of nitrogens with zero attached hydrogens (tertiary/aromatic N) is 6. The highest BCUT2D eigenvalue weighted by molar-refractivity contribution is 9.10. The van der Waals surface area contributed by atoms with E-state index in [9.17, 15) is 46.1 Å². The Labute approximate surface area is 243 Å². The highest BCUT2D eigenvalue weighted by atomic mass is 79.9. The molecule has 4 aromatic rings. The number of aliphatic hydroxyl groups excluding tert-OH is 3. The van der Waals surface area contributed by atoms with E-state index in [0.717, 1.165) is 29.2 Å². The third kappa shape index (κ3) is 5.05. The number of aromatic nitrogens is 6. The van der Waals surface area contributed by atoms with Crippen LogP contribution in [0.4, 0.5) is 30.7 Å². The molecule has 2 aromatic carbocycles. The molecule has 3 N–H and O–H groups in total. The smallest absolute Gasteiger partial charge is 0.394 e. The minimum absolute atomic E-state index is 0.0836. The van der Waals surface area contributed by atoms with E-state index in [1.807, 2.05) is 0 Å². The molecule has 5 rings (SSSR count). The van der Waals surface area contributed by atoms with Gasteiger partial charge in [0, 0.05) is 5.02 Å². The van der Waals surface area contributed by atoms with Crippen molar-refractivity contribution in [2.75, 3.05) is 6.61 Å². The summed E-state index contributed by atoms with van der Waals surface area (Å²) >= 11 is 8.33. The van der Waals surface area contributed by atoms with Crippen molar-refractivity contribution in [1.82, 2.24) is 29.8 Å². The molecule has 0 radical (unpaired) electrons. The number of rotatable bonds is 5. The van der Waals surface area contributed by atoms with Crippen molar-refractivity contribution in [1.29, 1.82) is 0 Å². The van der Waals surface area contributed by atoms with Gasteiger partial charge in [-0.3, -0.25) is 4.57 Å². The lowest BCUT2D eigenvalue weighted by atomic mass is 9.92. The Morgan fingerprint density at radius 3 is 2.29 bits per heavy atom. The molecule has 0 amide bonds.